The Balaban J connectivity index is 1.66. The van der Waals surface area contributed by atoms with E-state index in [-0.39, 0.29) is 0 Å². The minimum Gasteiger partial charge on any atom is -0.359 e. The lowest BCUT2D eigenvalue weighted by Gasteiger charge is -2.24. The van der Waals surface area contributed by atoms with Crippen molar-refractivity contribution in [1.82, 2.24) is 16.2 Å². The predicted molar refractivity (Wildman–Crippen MR) is 91.5 cm³/mol. The summed E-state index contributed by atoms with van der Waals surface area (Å²) < 4.78 is 0. The molecule has 0 saturated heterocycles. The molecule has 1 fully saturated rings. The Kier molecular flexibility index (Phi) is 6.01. The molecule has 0 aromatic heterocycles. The molecule has 1 aromatic carbocycles. The Bertz CT molecular complexity index is 444. The number of anilines is 1. The van der Waals surface area contributed by atoms with Crippen molar-refractivity contribution in [3.8, 4) is 0 Å². The quantitative estimate of drug-likeness (QED) is 0.498. The largest absolute Gasteiger partial charge is 0.359 e. The lowest BCUT2D eigenvalue weighted by atomic mass is 9.96. The molecule has 0 unspecified atom stereocenters. The number of benzene rings is 1. The molecule has 0 bridgehead atoms. The predicted octanol–water partition coefficient (Wildman–Crippen LogP) is 2.68. The molecule has 1 aliphatic carbocycles. The van der Waals surface area contributed by atoms with Crippen LogP contribution in [0.1, 0.15) is 32.1 Å². The van der Waals surface area contributed by atoms with Gasteiger partial charge in [-0.05, 0) is 49.4 Å². The molecule has 0 aliphatic heterocycles. The second-order valence-corrected chi connectivity index (χ2v) is 5.70. The molecule has 108 valence electrons. The van der Waals surface area contributed by atoms with Gasteiger partial charge in [0.1, 0.15) is 0 Å². The van der Waals surface area contributed by atoms with Crippen molar-refractivity contribution < 1.29 is 0 Å². The van der Waals surface area contributed by atoms with E-state index in [1.165, 1.54) is 32.1 Å². The third kappa shape index (κ3) is 5.30. The number of hydrogen-bond acceptors (Lipinski definition) is 2. The molecule has 2 rings (SSSR count). The number of hydrazine groups is 1. The first-order chi connectivity index (χ1) is 9.74. The van der Waals surface area contributed by atoms with Gasteiger partial charge in [0, 0.05) is 11.7 Å². The summed E-state index contributed by atoms with van der Waals surface area (Å²) >= 11 is 10.4. The fraction of sp³-hybridized carbons (Fsp3) is 0.429. The highest BCUT2D eigenvalue weighted by atomic mass is 32.1. The summed E-state index contributed by atoms with van der Waals surface area (Å²) in [7, 11) is 0. The van der Waals surface area contributed by atoms with Crippen molar-refractivity contribution in [1.29, 1.82) is 0 Å². The maximum atomic E-state index is 5.25. The standard InChI is InChI=1S/C14H20N4S2/c19-13(15-11-7-3-1-4-8-11)17-18-14(20)16-12-9-5-2-6-10-12/h1,3-4,7-8,12H,2,5-6,9-10H2,(H2,15,17,19)(H2,16,18,20). The van der Waals surface area contributed by atoms with Gasteiger partial charge >= 0.3 is 0 Å². The molecule has 4 N–H and O–H groups in total. The molecule has 1 aliphatic rings. The monoisotopic (exact) mass is 308 g/mol. The Hall–Kier alpha value is -1.40. The van der Waals surface area contributed by atoms with E-state index < -0.39 is 0 Å². The minimum atomic E-state index is 0.487. The molecular weight excluding hydrogens is 288 g/mol. The van der Waals surface area contributed by atoms with Gasteiger partial charge in [-0.1, -0.05) is 37.5 Å². The van der Waals surface area contributed by atoms with Gasteiger partial charge in [-0.2, -0.15) is 0 Å². The van der Waals surface area contributed by atoms with Crippen LogP contribution in [0, 0.1) is 0 Å². The van der Waals surface area contributed by atoms with E-state index in [9.17, 15) is 0 Å². The number of hydrogen-bond donors (Lipinski definition) is 4. The minimum absolute atomic E-state index is 0.487. The fourth-order valence-corrected chi connectivity index (χ4v) is 2.65. The van der Waals surface area contributed by atoms with Crippen LogP contribution >= 0.6 is 24.4 Å². The van der Waals surface area contributed by atoms with E-state index in [4.69, 9.17) is 24.4 Å². The average molecular weight is 308 g/mol. The van der Waals surface area contributed by atoms with Gasteiger partial charge in [0.2, 0.25) is 0 Å². The van der Waals surface area contributed by atoms with Crippen molar-refractivity contribution in [3.63, 3.8) is 0 Å². The highest BCUT2D eigenvalue weighted by Crippen LogP contribution is 2.17. The van der Waals surface area contributed by atoms with E-state index in [1.807, 2.05) is 30.3 Å². The van der Waals surface area contributed by atoms with E-state index in [2.05, 4.69) is 21.5 Å². The molecule has 4 nitrogen and oxygen atoms in total. The molecule has 0 radical (unpaired) electrons. The fourth-order valence-electron chi connectivity index (χ4n) is 2.27. The lowest BCUT2D eigenvalue weighted by molar-refractivity contribution is 0.411. The van der Waals surface area contributed by atoms with Crippen LogP contribution in [0.15, 0.2) is 30.3 Å². The molecule has 0 spiro atoms. The lowest BCUT2D eigenvalue weighted by Crippen LogP contribution is -2.51. The highest BCUT2D eigenvalue weighted by molar-refractivity contribution is 7.80. The Morgan fingerprint density at radius 3 is 2.25 bits per heavy atom. The zero-order valence-electron chi connectivity index (χ0n) is 11.3. The van der Waals surface area contributed by atoms with Gasteiger partial charge in [-0.25, -0.2) is 0 Å². The third-order valence-electron chi connectivity index (χ3n) is 3.26. The van der Waals surface area contributed by atoms with Crippen molar-refractivity contribution in [2.45, 2.75) is 38.1 Å². The summed E-state index contributed by atoms with van der Waals surface area (Å²) in [5.41, 5.74) is 6.75. The average Bonchev–Trinajstić information content (AvgIpc) is 2.47. The first-order valence-electron chi connectivity index (χ1n) is 6.92. The number of para-hydroxylation sites is 1. The van der Waals surface area contributed by atoms with Crippen LogP contribution in [-0.2, 0) is 0 Å². The van der Waals surface area contributed by atoms with Crippen LogP contribution in [0.25, 0.3) is 0 Å². The van der Waals surface area contributed by atoms with Crippen molar-refractivity contribution >= 4 is 40.3 Å². The van der Waals surface area contributed by atoms with E-state index in [0.717, 1.165) is 5.69 Å². The van der Waals surface area contributed by atoms with Crippen LogP contribution < -0.4 is 21.5 Å². The normalized spacial score (nSPS) is 15.2. The second kappa shape index (κ2) is 8.01. The molecule has 1 aromatic rings. The third-order valence-corrected chi connectivity index (χ3v) is 3.69. The Morgan fingerprint density at radius 1 is 0.900 bits per heavy atom. The Labute approximate surface area is 130 Å². The Morgan fingerprint density at radius 2 is 1.55 bits per heavy atom. The van der Waals surface area contributed by atoms with Gasteiger partial charge in [0.15, 0.2) is 10.2 Å². The maximum Gasteiger partial charge on any atom is 0.189 e. The van der Waals surface area contributed by atoms with Gasteiger partial charge in [-0.3, -0.25) is 10.9 Å². The second-order valence-electron chi connectivity index (χ2n) is 4.88. The maximum absolute atomic E-state index is 5.25. The van der Waals surface area contributed by atoms with Crippen LogP contribution in [-0.4, -0.2) is 16.3 Å². The van der Waals surface area contributed by atoms with Crippen LogP contribution in [0.3, 0.4) is 0 Å². The summed E-state index contributed by atoms with van der Waals surface area (Å²) in [5, 5.41) is 7.46. The summed E-state index contributed by atoms with van der Waals surface area (Å²) in [6, 6.07) is 10.3. The molecule has 0 heterocycles. The molecule has 0 atom stereocenters. The summed E-state index contributed by atoms with van der Waals surface area (Å²) in [6.07, 6.45) is 6.27. The first kappa shape index (κ1) is 15.0. The smallest absolute Gasteiger partial charge is 0.189 e. The van der Waals surface area contributed by atoms with Crippen molar-refractivity contribution in [2.75, 3.05) is 5.32 Å². The number of nitrogens with one attached hydrogen (secondary N) is 4. The van der Waals surface area contributed by atoms with Gasteiger partial charge in [-0.15, -0.1) is 0 Å². The molecule has 0 amide bonds. The van der Waals surface area contributed by atoms with E-state index >= 15 is 0 Å². The van der Waals surface area contributed by atoms with E-state index in [0.29, 0.717) is 16.3 Å². The van der Waals surface area contributed by atoms with Crippen molar-refractivity contribution in [3.05, 3.63) is 30.3 Å². The topological polar surface area (TPSA) is 48.1 Å². The number of rotatable bonds is 2. The van der Waals surface area contributed by atoms with Crippen LogP contribution in [0.4, 0.5) is 5.69 Å². The zero-order chi connectivity index (χ0) is 14.2. The van der Waals surface area contributed by atoms with Crippen LogP contribution in [0.5, 0.6) is 0 Å². The summed E-state index contributed by atoms with van der Waals surface area (Å²) in [4.78, 5) is 0. The molecule has 1 saturated carbocycles. The number of thiocarbonyl (C=S) groups is 2. The molecule has 20 heavy (non-hydrogen) atoms. The van der Waals surface area contributed by atoms with Crippen molar-refractivity contribution in [2.24, 2.45) is 0 Å². The van der Waals surface area contributed by atoms with Gasteiger partial charge in [0.25, 0.3) is 0 Å². The molecule has 6 heteroatoms. The van der Waals surface area contributed by atoms with Gasteiger partial charge in [0.05, 0.1) is 0 Å². The highest BCUT2D eigenvalue weighted by Gasteiger charge is 2.13. The summed E-state index contributed by atoms with van der Waals surface area (Å²) in [5.74, 6) is 0. The molecular formula is C14H20N4S2. The van der Waals surface area contributed by atoms with Crippen LogP contribution in [0.2, 0.25) is 0 Å². The van der Waals surface area contributed by atoms with Gasteiger partial charge < -0.3 is 10.6 Å². The first-order valence-corrected chi connectivity index (χ1v) is 7.74. The van der Waals surface area contributed by atoms with E-state index in [1.54, 1.807) is 0 Å². The SMILES string of the molecule is S=C(NNC(=S)NC1CCCCC1)Nc1ccccc1. The summed E-state index contributed by atoms with van der Waals surface area (Å²) in [6.45, 7) is 0. The zero-order valence-corrected chi connectivity index (χ0v) is 12.9.